The summed E-state index contributed by atoms with van der Waals surface area (Å²) >= 11 is 0. The number of hydrogen-bond acceptors (Lipinski definition) is 0. The number of aryl methyl sites for hydroxylation is 1. The minimum Gasteiger partial charge on any atom is -0.0838 e. The molecule has 0 unspecified atom stereocenters. The molecular weight excluding hydrogens is 232 g/mol. The van der Waals surface area contributed by atoms with E-state index in [1.807, 2.05) is 0 Å². The Hall–Kier alpha value is -0.953. The molecule has 0 amide bonds. The second-order valence-electron chi connectivity index (χ2n) is 4.95. The fourth-order valence-corrected chi connectivity index (χ4v) is 5.47. The molecule has 0 N–H and O–H groups in total. The van der Waals surface area contributed by atoms with Crippen molar-refractivity contribution in [2.24, 2.45) is 0 Å². The highest BCUT2D eigenvalue weighted by Gasteiger charge is 2.15. The first-order valence-corrected chi connectivity index (χ1v) is 9.07. The van der Waals surface area contributed by atoms with E-state index in [9.17, 15) is 0 Å². The SMILES string of the molecule is CCc1c(C2C=CCC=C2)cc[si](CC)c1CC. The lowest BCUT2D eigenvalue weighted by molar-refractivity contribution is 0.959. The Balaban J connectivity index is 2.50. The average Bonchev–Trinajstić information content (AvgIpc) is 2.46. The Kier molecular flexibility index (Phi) is 4.70. The van der Waals surface area contributed by atoms with Crippen LogP contribution in [0.25, 0.3) is 0 Å². The first-order chi connectivity index (χ1) is 8.81. The van der Waals surface area contributed by atoms with Crippen molar-refractivity contribution in [3.05, 3.63) is 52.3 Å². The summed E-state index contributed by atoms with van der Waals surface area (Å²) in [6.07, 6.45) is 12.9. The largest absolute Gasteiger partial charge is 0.0838 e. The van der Waals surface area contributed by atoms with Gasteiger partial charge in [-0.3, -0.25) is 0 Å². The van der Waals surface area contributed by atoms with Crippen molar-refractivity contribution in [3.8, 4) is 0 Å². The lowest BCUT2D eigenvalue weighted by Crippen LogP contribution is -2.12. The molecule has 0 bridgehead atoms. The summed E-state index contributed by atoms with van der Waals surface area (Å²) in [7, 11) is -0.377. The monoisotopic (exact) mass is 256 g/mol. The minimum absolute atomic E-state index is 0.377. The van der Waals surface area contributed by atoms with Gasteiger partial charge in [0.15, 0.2) is 0 Å². The van der Waals surface area contributed by atoms with Crippen molar-refractivity contribution >= 4 is 8.40 Å². The van der Waals surface area contributed by atoms with E-state index in [2.05, 4.69) is 56.8 Å². The van der Waals surface area contributed by atoms with Crippen LogP contribution in [0.5, 0.6) is 0 Å². The van der Waals surface area contributed by atoms with Crippen LogP contribution in [0.15, 0.2) is 36.0 Å². The summed E-state index contributed by atoms with van der Waals surface area (Å²) in [5.74, 6) is 0.520. The predicted molar refractivity (Wildman–Crippen MR) is 82.5 cm³/mol. The Morgan fingerprint density at radius 1 is 1.11 bits per heavy atom. The topological polar surface area (TPSA) is 0 Å². The molecule has 96 valence electrons. The molecule has 0 saturated heterocycles. The maximum absolute atomic E-state index is 2.52. The molecule has 0 spiro atoms. The van der Waals surface area contributed by atoms with Gasteiger partial charge in [-0.15, -0.1) is 0 Å². The zero-order chi connectivity index (χ0) is 13.0. The van der Waals surface area contributed by atoms with Crippen LogP contribution in [-0.4, -0.2) is 8.40 Å². The van der Waals surface area contributed by atoms with E-state index in [1.165, 1.54) is 18.9 Å². The van der Waals surface area contributed by atoms with Crippen molar-refractivity contribution < 1.29 is 0 Å². The molecule has 0 fully saturated rings. The molecule has 0 saturated carbocycles. The summed E-state index contributed by atoms with van der Waals surface area (Å²) in [6, 6.07) is 3.76. The van der Waals surface area contributed by atoms with E-state index in [0.29, 0.717) is 5.92 Å². The predicted octanol–water partition coefficient (Wildman–Crippen LogP) is 4.46. The number of rotatable bonds is 4. The lowest BCUT2D eigenvalue weighted by atomic mass is 9.90. The van der Waals surface area contributed by atoms with E-state index < -0.39 is 0 Å². The first kappa shape index (κ1) is 13.5. The van der Waals surface area contributed by atoms with Crippen LogP contribution < -0.4 is 0 Å². The highest BCUT2D eigenvalue weighted by atomic mass is 28.2. The third-order valence-electron chi connectivity index (χ3n) is 3.97. The summed E-state index contributed by atoms with van der Waals surface area (Å²) in [5, 5.41) is 1.77. The third-order valence-corrected chi connectivity index (χ3v) is 6.73. The van der Waals surface area contributed by atoms with Crippen LogP contribution in [0.4, 0.5) is 0 Å². The van der Waals surface area contributed by atoms with Gasteiger partial charge < -0.3 is 0 Å². The number of allylic oxidation sites excluding steroid dienone is 4. The van der Waals surface area contributed by atoms with E-state index >= 15 is 0 Å². The molecule has 2 rings (SSSR count). The van der Waals surface area contributed by atoms with Crippen LogP contribution in [0.1, 0.15) is 49.4 Å². The number of hydrogen-bond donors (Lipinski definition) is 0. The van der Waals surface area contributed by atoms with Gasteiger partial charge in [-0.25, -0.2) is 0 Å². The minimum atomic E-state index is -0.377. The second kappa shape index (κ2) is 6.28. The van der Waals surface area contributed by atoms with E-state index in [0.717, 1.165) is 6.42 Å². The van der Waals surface area contributed by atoms with Gasteiger partial charge in [0.05, 0.1) is 0 Å². The molecule has 1 aliphatic rings. The van der Waals surface area contributed by atoms with Crippen molar-refractivity contribution in [2.75, 3.05) is 0 Å². The van der Waals surface area contributed by atoms with Gasteiger partial charge >= 0.3 is 0 Å². The van der Waals surface area contributed by atoms with Crippen LogP contribution >= 0.6 is 0 Å². The molecule has 0 radical (unpaired) electrons. The van der Waals surface area contributed by atoms with Crippen LogP contribution in [0.3, 0.4) is 0 Å². The molecule has 1 aromatic heterocycles. The molecule has 18 heavy (non-hydrogen) atoms. The van der Waals surface area contributed by atoms with Gasteiger partial charge in [0.1, 0.15) is 0 Å². The highest BCUT2D eigenvalue weighted by Crippen LogP contribution is 2.28. The Morgan fingerprint density at radius 3 is 2.39 bits per heavy atom. The Morgan fingerprint density at radius 2 is 1.83 bits per heavy atom. The molecule has 0 nitrogen and oxygen atoms in total. The standard InChI is InChI=1S/C17H24Si/c1-4-15-16(14-10-8-7-9-11-14)12-13-18(6-3)17(15)5-2/h8-14H,4-7H2,1-3H3. The van der Waals surface area contributed by atoms with Crippen molar-refractivity contribution in [3.63, 3.8) is 0 Å². The summed E-state index contributed by atoms with van der Waals surface area (Å²) in [6.45, 7) is 6.98. The summed E-state index contributed by atoms with van der Waals surface area (Å²) in [5.41, 5.74) is 5.74. The smallest absolute Gasteiger partial charge is 0.0405 e. The Labute approximate surface area is 113 Å². The second-order valence-corrected chi connectivity index (χ2v) is 7.64. The maximum atomic E-state index is 2.52. The third kappa shape index (κ3) is 2.56. The van der Waals surface area contributed by atoms with Gasteiger partial charge in [0.2, 0.25) is 0 Å². The Bertz CT molecular complexity index is 457. The molecule has 0 aliphatic heterocycles. The van der Waals surface area contributed by atoms with Crippen LogP contribution in [0, 0.1) is 0 Å². The van der Waals surface area contributed by atoms with Gasteiger partial charge in [-0.1, -0.05) is 62.0 Å². The zero-order valence-corrected chi connectivity index (χ0v) is 12.9. The average molecular weight is 256 g/mol. The van der Waals surface area contributed by atoms with Crippen molar-refractivity contribution in [1.29, 1.82) is 0 Å². The van der Waals surface area contributed by atoms with Crippen molar-refractivity contribution in [2.45, 2.75) is 52.0 Å². The molecule has 1 aliphatic carbocycles. The molecule has 0 atom stereocenters. The summed E-state index contributed by atoms with van der Waals surface area (Å²) < 4.78 is 0. The van der Waals surface area contributed by atoms with E-state index in [-0.39, 0.29) is 8.40 Å². The molecule has 0 aromatic carbocycles. The molecular formula is C17H24Si. The fraction of sp³-hybridized carbons (Fsp3) is 0.471. The van der Waals surface area contributed by atoms with Gasteiger partial charge in [-0.05, 0) is 36.4 Å². The summed E-state index contributed by atoms with van der Waals surface area (Å²) in [4.78, 5) is 0. The molecule has 1 heteroatoms. The van der Waals surface area contributed by atoms with Crippen LogP contribution in [0.2, 0.25) is 0 Å². The highest BCUT2D eigenvalue weighted by molar-refractivity contribution is 6.52. The molecule has 1 aromatic rings. The fourth-order valence-electron chi connectivity index (χ4n) is 3.06. The van der Waals surface area contributed by atoms with Gasteiger partial charge in [0, 0.05) is 14.3 Å². The lowest BCUT2D eigenvalue weighted by Gasteiger charge is -2.20. The normalized spacial score (nSPS) is 15.3. The zero-order valence-electron chi connectivity index (χ0n) is 11.9. The van der Waals surface area contributed by atoms with Gasteiger partial charge in [-0.2, -0.15) is 0 Å². The van der Waals surface area contributed by atoms with E-state index in [1.54, 1.807) is 16.3 Å². The van der Waals surface area contributed by atoms with Crippen molar-refractivity contribution in [1.82, 2.24) is 0 Å². The molecule has 1 heterocycles. The maximum Gasteiger partial charge on any atom is 0.0405 e. The van der Waals surface area contributed by atoms with Crippen LogP contribution in [-0.2, 0) is 18.9 Å². The van der Waals surface area contributed by atoms with Gasteiger partial charge in [0.25, 0.3) is 0 Å². The van der Waals surface area contributed by atoms with E-state index in [4.69, 9.17) is 0 Å². The first-order valence-electron chi connectivity index (χ1n) is 7.28. The quantitative estimate of drug-likeness (QED) is 0.551.